The molecule has 2 aliphatic heterocycles. The quantitative estimate of drug-likeness (QED) is 0.0766. The van der Waals surface area contributed by atoms with Crippen LogP contribution in [0.4, 0.5) is 17.1 Å². The van der Waals surface area contributed by atoms with Crippen LogP contribution in [0.1, 0.15) is 81.6 Å². The summed E-state index contributed by atoms with van der Waals surface area (Å²) < 4.78 is 39.4. The fourth-order valence-electron chi connectivity index (χ4n) is 10.7. The Kier molecular flexibility index (Phi) is 11.9. The zero-order valence-corrected chi connectivity index (χ0v) is 40.6. The van der Waals surface area contributed by atoms with Crippen molar-refractivity contribution in [2.75, 3.05) is 49.5 Å². The minimum absolute atomic E-state index is 0.0278. The first-order chi connectivity index (χ1) is 32.8. The Hall–Kier alpha value is -6.21. The summed E-state index contributed by atoms with van der Waals surface area (Å²) in [5, 5.41) is 27.6. The number of fused-ring (bicyclic) bond motifs is 3. The molecule has 1 saturated carbocycles. The molecule has 6 aromatic rings. The molecule has 3 aromatic heterocycles. The van der Waals surface area contributed by atoms with E-state index in [2.05, 4.69) is 55.8 Å². The number of carbonyl (C=O) groups excluding carboxylic acids is 1. The molecule has 4 aliphatic rings. The van der Waals surface area contributed by atoms with Crippen molar-refractivity contribution >= 4 is 72.2 Å². The number of piperazine rings is 1. The number of amides is 1. The van der Waals surface area contributed by atoms with Crippen molar-refractivity contribution in [3.8, 4) is 11.4 Å². The van der Waals surface area contributed by atoms with E-state index in [4.69, 9.17) is 16.3 Å². The van der Waals surface area contributed by atoms with Crippen molar-refractivity contribution in [1.29, 1.82) is 0 Å². The van der Waals surface area contributed by atoms with Crippen molar-refractivity contribution in [2.24, 2.45) is 18.4 Å². The number of pyridine rings is 1. The number of H-pyrrole nitrogens is 1. The van der Waals surface area contributed by atoms with Crippen LogP contribution >= 0.6 is 11.6 Å². The van der Waals surface area contributed by atoms with E-state index in [1.165, 1.54) is 27.5 Å². The third kappa shape index (κ3) is 9.10. The first-order valence-electron chi connectivity index (χ1n) is 23.5. The fraction of sp³-hybridized carbons (Fsp3) is 0.420. The minimum atomic E-state index is -4.75. The van der Waals surface area contributed by atoms with Gasteiger partial charge in [-0.25, -0.2) is 27.5 Å². The molecule has 5 heterocycles. The molecule has 10 rings (SSSR count). The number of nitro groups is 1. The highest BCUT2D eigenvalue weighted by Crippen LogP contribution is 2.45. The monoisotopic (exact) mass is 977 g/mol. The number of aromatic nitrogens is 4. The zero-order chi connectivity index (χ0) is 48.6. The van der Waals surface area contributed by atoms with Crippen molar-refractivity contribution in [1.82, 2.24) is 29.0 Å². The molecule has 362 valence electrons. The van der Waals surface area contributed by atoms with Gasteiger partial charge in [0.25, 0.3) is 27.2 Å². The topological polar surface area (TPSA) is 210 Å². The Labute approximate surface area is 404 Å². The molecule has 0 spiro atoms. The van der Waals surface area contributed by atoms with Crippen molar-refractivity contribution in [2.45, 2.75) is 82.3 Å². The molecule has 69 heavy (non-hydrogen) atoms. The minimum Gasteiger partial charge on any atom is -0.489 e. The van der Waals surface area contributed by atoms with Gasteiger partial charge in [0.2, 0.25) is 0 Å². The van der Waals surface area contributed by atoms with E-state index in [1.54, 1.807) is 49.1 Å². The van der Waals surface area contributed by atoms with E-state index in [0.29, 0.717) is 55.0 Å². The second-order valence-corrected chi connectivity index (χ2v) is 22.3. The van der Waals surface area contributed by atoms with Gasteiger partial charge in [0.05, 0.1) is 38.2 Å². The number of nitrogens with zero attached hydrogens (tertiary/aromatic N) is 6. The summed E-state index contributed by atoms with van der Waals surface area (Å²) >= 11 is 6.27. The third-order valence-corrected chi connectivity index (χ3v) is 16.3. The average Bonchev–Trinajstić information content (AvgIpc) is 3.88. The van der Waals surface area contributed by atoms with E-state index in [0.717, 1.165) is 56.0 Å². The third-order valence-electron chi connectivity index (χ3n) is 14.7. The molecule has 1 saturated heterocycles. The summed E-state index contributed by atoms with van der Waals surface area (Å²) in [5.41, 5.74) is 4.58. The molecule has 0 bridgehead atoms. The lowest BCUT2D eigenvalue weighted by Crippen LogP contribution is -2.47. The maximum absolute atomic E-state index is 14.5. The van der Waals surface area contributed by atoms with Crippen LogP contribution in [0.2, 0.25) is 5.02 Å². The van der Waals surface area contributed by atoms with Gasteiger partial charge in [0, 0.05) is 74.2 Å². The van der Waals surface area contributed by atoms with Crippen LogP contribution in [0, 0.1) is 21.4 Å². The molecule has 2 aliphatic carbocycles. The van der Waals surface area contributed by atoms with Gasteiger partial charge in [-0.1, -0.05) is 43.2 Å². The highest BCUT2D eigenvalue weighted by molar-refractivity contribution is 7.90. The van der Waals surface area contributed by atoms with Gasteiger partial charge in [-0.05, 0) is 117 Å². The fourth-order valence-corrected chi connectivity index (χ4v) is 11.8. The number of allylic oxidation sites excluding steroid dienone is 1. The molecule has 0 radical (unpaired) electrons. The summed E-state index contributed by atoms with van der Waals surface area (Å²) in [4.78, 5) is 51.9. The van der Waals surface area contributed by atoms with Gasteiger partial charge in [0.1, 0.15) is 12.3 Å². The van der Waals surface area contributed by atoms with Crippen LogP contribution in [0.5, 0.6) is 5.75 Å². The van der Waals surface area contributed by atoms with Crippen molar-refractivity contribution in [3.63, 3.8) is 0 Å². The smallest absolute Gasteiger partial charge is 0.297 e. The maximum atomic E-state index is 14.5. The first kappa shape index (κ1) is 46.5. The van der Waals surface area contributed by atoms with E-state index in [1.807, 2.05) is 18.2 Å². The van der Waals surface area contributed by atoms with Gasteiger partial charge in [-0.3, -0.25) is 24.6 Å². The molecule has 1 atom stereocenters. The van der Waals surface area contributed by atoms with E-state index in [9.17, 15) is 33.2 Å². The Bertz CT molecular complexity index is 3230. The number of sulfonamides is 1. The second kappa shape index (κ2) is 17.6. The molecular weight excluding hydrogens is 922 g/mol. The van der Waals surface area contributed by atoms with Gasteiger partial charge in [0.15, 0.2) is 17.0 Å². The first-order valence-corrected chi connectivity index (χ1v) is 25.3. The number of hydrogen-bond donors (Lipinski definition) is 4. The van der Waals surface area contributed by atoms with Crippen LogP contribution in [0.25, 0.3) is 33.3 Å². The van der Waals surface area contributed by atoms with E-state index < -0.39 is 42.6 Å². The number of aliphatic hydroxyl groups is 1. The lowest BCUT2D eigenvalue weighted by Gasteiger charge is -2.39. The van der Waals surface area contributed by atoms with Gasteiger partial charge in [-0.2, -0.15) is 0 Å². The van der Waals surface area contributed by atoms with Crippen LogP contribution in [-0.2, 0) is 17.1 Å². The molecule has 3 aromatic carbocycles. The summed E-state index contributed by atoms with van der Waals surface area (Å²) in [6.45, 7) is 10.3. The second-order valence-electron chi connectivity index (χ2n) is 20.2. The zero-order valence-electron chi connectivity index (χ0n) is 39.0. The summed E-state index contributed by atoms with van der Waals surface area (Å²) in [6.07, 6.45) is 7.38. The standard InChI is InChI=1S/C50H56ClN9O8S/c1-49(2)15-11-33(38(27-49)30-5-7-34(51)8-6-30)28-57-19-21-58(22-20-57)35-9-10-37(40(24-35)59-41-23-32-14-18-52-46(32)54-45(41)48(62)56(59)4)47(61)55-69(66,67)36-25-42(60(64)65)44-43(26-36)68-29-39(53-44)31-12-16-50(3,63)17-13-31/h5-10,14,18,23-26,31,39,53,63H,11-13,15-17,19-22,27-29H2,1-4H3,(H,52,54)(H,55,61). The molecule has 2 fully saturated rings. The van der Waals surface area contributed by atoms with Crippen LogP contribution in [0.15, 0.2) is 88.2 Å². The van der Waals surface area contributed by atoms with Gasteiger partial charge >= 0.3 is 0 Å². The molecule has 17 nitrogen and oxygen atoms in total. The molecule has 4 N–H and O–H groups in total. The largest absolute Gasteiger partial charge is 0.489 e. The highest BCUT2D eigenvalue weighted by Gasteiger charge is 2.38. The predicted molar refractivity (Wildman–Crippen MR) is 266 cm³/mol. The molecule has 19 heteroatoms. The van der Waals surface area contributed by atoms with Gasteiger partial charge < -0.3 is 25.0 Å². The summed E-state index contributed by atoms with van der Waals surface area (Å²) in [7, 11) is -3.19. The number of anilines is 2. The molecule has 1 amide bonds. The lowest BCUT2D eigenvalue weighted by atomic mass is 9.72. The number of nitrogens with one attached hydrogen (secondary N) is 3. The number of benzene rings is 3. The number of nitro benzene ring substituents is 1. The Morgan fingerprint density at radius 3 is 2.48 bits per heavy atom. The summed E-state index contributed by atoms with van der Waals surface area (Å²) in [6, 6.07) is 18.7. The molecular formula is C50H56ClN9O8S. The highest BCUT2D eigenvalue weighted by atomic mass is 35.5. The Balaban J connectivity index is 0.947. The summed E-state index contributed by atoms with van der Waals surface area (Å²) in [5.74, 6) is -0.959. The van der Waals surface area contributed by atoms with Crippen LogP contribution in [-0.4, -0.2) is 99.6 Å². The number of ether oxygens (including phenoxy) is 1. The van der Waals surface area contributed by atoms with Crippen LogP contribution < -0.4 is 25.2 Å². The van der Waals surface area contributed by atoms with Crippen LogP contribution in [0.3, 0.4) is 0 Å². The number of aromatic amines is 1. The number of halogens is 1. The average molecular weight is 979 g/mol. The Morgan fingerprint density at radius 1 is 1.01 bits per heavy atom. The molecule has 1 unspecified atom stereocenters. The normalized spacial score (nSPS) is 22.0. The van der Waals surface area contributed by atoms with Gasteiger partial charge in [-0.15, -0.1) is 0 Å². The van der Waals surface area contributed by atoms with Crippen molar-refractivity contribution in [3.05, 3.63) is 115 Å². The van der Waals surface area contributed by atoms with E-state index in [-0.39, 0.29) is 52.2 Å². The van der Waals surface area contributed by atoms with Crippen molar-refractivity contribution < 1.29 is 28.0 Å². The Morgan fingerprint density at radius 2 is 1.75 bits per heavy atom. The van der Waals surface area contributed by atoms with E-state index >= 15 is 0 Å². The number of hydrogen-bond acceptors (Lipinski definition) is 12. The SMILES string of the molecule is Cn1c(=O)c2nc3[nH]ccc3cc2n1-c1cc(N2CCN(CC3=C(c4ccc(Cl)cc4)CC(C)(C)CC3)CC2)ccc1C(=O)NS(=O)(=O)c1cc2c(c([N+](=O)[O-])c1)NC(C1CCC(C)(O)CC1)CO2. The number of rotatable bonds is 10. The maximum Gasteiger partial charge on any atom is 0.297 e. The lowest BCUT2D eigenvalue weighted by molar-refractivity contribution is -0.384. The predicted octanol–water partition coefficient (Wildman–Crippen LogP) is 7.79. The number of carbonyl (C=O) groups is 1.